The van der Waals surface area contributed by atoms with Crippen molar-refractivity contribution in [1.82, 2.24) is 0 Å². The van der Waals surface area contributed by atoms with Gasteiger partial charge in [0.05, 0.1) is 10.5 Å². The number of nitro benzene ring substituents is 1. The molecule has 0 aliphatic carbocycles. The summed E-state index contributed by atoms with van der Waals surface area (Å²) < 4.78 is 0. The second-order valence-electron chi connectivity index (χ2n) is 4.60. The Bertz CT molecular complexity index is 689. The highest BCUT2D eigenvalue weighted by Crippen LogP contribution is 2.27. The molecule has 0 atom stereocenters. The maximum absolute atomic E-state index is 11.0. The standard InChI is InChI=1S/C14H14N2O4S/c1-8-5-11(21-9(8)2)7-15-12-4-3-10(14(17)18)6-13(12)16(19)20/h3-6,15H,7H2,1-2H3,(H,17,18). The summed E-state index contributed by atoms with van der Waals surface area (Å²) in [6.45, 7) is 4.50. The minimum atomic E-state index is -1.19. The third kappa shape index (κ3) is 3.38. The fraction of sp³-hybridized carbons (Fsp3) is 0.214. The van der Waals surface area contributed by atoms with Crippen LogP contribution in [-0.4, -0.2) is 16.0 Å². The van der Waals surface area contributed by atoms with Crippen LogP contribution in [-0.2, 0) is 6.54 Å². The average Bonchev–Trinajstić information content (AvgIpc) is 2.75. The van der Waals surface area contributed by atoms with Crippen LogP contribution in [0.15, 0.2) is 24.3 Å². The van der Waals surface area contributed by atoms with E-state index in [2.05, 4.69) is 5.32 Å². The van der Waals surface area contributed by atoms with E-state index in [0.717, 1.165) is 10.9 Å². The maximum atomic E-state index is 11.0. The number of nitrogens with zero attached hydrogens (tertiary/aromatic N) is 1. The zero-order valence-corrected chi connectivity index (χ0v) is 12.4. The van der Waals surface area contributed by atoms with Crippen molar-refractivity contribution in [2.45, 2.75) is 20.4 Å². The van der Waals surface area contributed by atoms with E-state index >= 15 is 0 Å². The van der Waals surface area contributed by atoms with Crippen LogP contribution in [0.5, 0.6) is 0 Å². The Morgan fingerprint density at radius 2 is 2.10 bits per heavy atom. The van der Waals surface area contributed by atoms with Crippen LogP contribution >= 0.6 is 11.3 Å². The monoisotopic (exact) mass is 306 g/mol. The first-order chi connectivity index (χ1) is 9.88. The number of anilines is 1. The molecule has 1 aromatic carbocycles. The number of benzene rings is 1. The van der Waals surface area contributed by atoms with Gasteiger partial charge in [0.2, 0.25) is 0 Å². The number of carbonyl (C=O) groups is 1. The minimum absolute atomic E-state index is 0.102. The number of carboxylic acid groups (broad SMARTS) is 1. The Balaban J connectivity index is 2.23. The van der Waals surface area contributed by atoms with Crippen molar-refractivity contribution in [2.24, 2.45) is 0 Å². The van der Waals surface area contributed by atoms with Gasteiger partial charge in [-0.2, -0.15) is 0 Å². The molecule has 1 heterocycles. The molecule has 0 saturated heterocycles. The largest absolute Gasteiger partial charge is 0.478 e. The number of carboxylic acids is 1. The molecule has 0 saturated carbocycles. The Hall–Kier alpha value is -2.41. The number of rotatable bonds is 5. The van der Waals surface area contributed by atoms with Gasteiger partial charge in [0.1, 0.15) is 5.69 Å². The fourth-order valence-corrected chi connectivity index (χ4v) is 2.88. The number of aryl methyl sites for hydroxylation is 2. The molecule has 2 rings (SSSR count). The third-order valence-electron chi connectivity index (χ3n) is 3.11. The zero-order chi connectivity index (χ0) is 15.6. The van der Waals surface area contributed by atoms with Gasteiger partial charge in [-0.15, -0.1) is 11.3 Å². The van der Waals surface area contributed by atoms with E-state index in [4.69, 9.17) is 5.11 Å². The predicted molar refractivity (Wildman–Crippen MR) is 81.2 cm³/mol. The third-order valence-corrected chi connectivity index (χ3v) is 4.26. The van der Waals surface area contributed by atoms with Gasteiger partial charge in [-0.05, 0) is 37.6 Å². The molecule has 0 unspecified atom stereocenters. The summed E-state index contributed by atoms with van der Waals surface area (Å²) in [6, 6.07) is 5.87. The molecule has 0 bridgehead atoms. The molecule has 0 aliphatic heterocycles. The predicted octanol–water partition coefficient (Wildman–Crippen LogP) is 3.58. The van der Waals surface area contributed by atoms with E-state index in [1.807, 2.05) is 19.9 Å². The molecule has 2 aromatic rings. The SMILES string of the molecule is Cc1cc(CNc2ccc(C(=O)O)cc2[N+](=O)[O-])sc1C. The van der Waals surface area contributed by atoms with Crippen LogP contribution in [0, 0.1) is 24.0 Å². The van der Waals surface area contributed by atoms with Crippen LogP contribution in [0.25, 0.3) is 0 Å². The molecule has 0 amide bonds. The highest BCUT2D eigenvalue weighted by molar-refractivity contribution is 7.12. The summed E-state index contributed by atoms with van der Waals surface area (Å²) in [5.41, 5.74) is 1.16. The van der Waals surface area contributed by atoms with E-state index in [-0.39, 0.29) is 11.3 Å². The molecule has 2 N–H and O–H groups in total. The van der Waals surface area contributed by atoms with E-state index in [9.17, 15) is 14.9 Å². The second-order valence-corrected chi connectivity index (χ2v) is 5.94. The Kier molecular flexibility index (Phi) is 4.23. The number of hydrogen-bond acceptors (Lipinski definition) is 5. The lowest BCUT2D eigenvalue weighted by molar-refractivity contribution is -0.384. The van der Waals surface area contributed by atoms with Gasteiger partial charge in [0.15, 0.2) is 0 Å². The van der Waals surface area contributed by atoms with Gasteiger partial charge in [0.25, 0.3) is 5.69 Å². The second kappa shape index (κ2) is 5.92. The smallest absolute Gasteiger partial charge is 0.335 e. The van der Waals surface area contributed by atoms with Gasteiger partial charge in [-0.1, -0.05) is 0 Å². The zero-order valence-electron chi connectivity index (χ0n) is 11.5. The van der Waals surface area contributed by atoms with E-state index in [1.165, 1.54) is 22.6 Å². The van der Waals surface area contributed by atoms with Crippen molar-refractivity contribution < 1.29 is 14.8 Å². The highest BCUT2D eigenvalue weighted by atomic mass is 32.1. The van der Waals surface area contributed by atoms with Crippen LogP contribution in [0.1, 0.15) is 25.7 Å². The number of nitro groups is 1. The molecule has 21 heavy (non-hydrogen) atoms. The van der Waals surface area contributed by atoms with Crippen molar-refractivity contribution in [3.05, 3.63) is 55.3 Å². The van der Waals surface area contributed by atoms with Crippen LogP contribution in [0.4, 0.5) is 11.4 Å². The van der Waals surface area contributed by atoms with Crippen molar-refractivity contribution in [2.75, 3.05) is 5.32 Å². The minimum Gasteiger partial charge on any atom is -0.478 e. The Labute approximate surface area is 125 Å². The number of hydrogen-bond donors (Lipinski definition) is 2. The number of thiophene rings is 1. The lowest BCUT2D eigenvalue weighted by Gasteiger charge is -2.06. The van der Waals surface area contributed by atoms with E-state index < -0.39 is 10.9 Å². The maximum Gasteiger partial charge on any atom is 0.335 e. The summed E-state index contributed by atoms with van der Waals surface area (Å²) in [5.74, 6) is -1.19. The molecule has 0 radical (unpaired) electrons. The van der Waals surface area contributed by atoms with Crippen molar-refractivity contribution >= 4 is 28.7 Å². The van der Waals surface area contributed by atoms with Gasteiger partial charge < -0.3 is 10.4 Å². The van der Waals surface area contributed by atoms with Crippen LogP contribution in [0.3, 0.4) is 0 Å². The average molecular weight is 306 g/mol. The van der Waals surface area contributed by atoms with Crippen LogP contribution in [0.2, 0.25) is 0 Å². The van der Waals surface area contributed by atoms with Crippen molar-refractivity contribution in [3.8, 4) is 0 Å². The van der Waals surface area contributed by atoms with Crippen LogP contribution < -0.4 is 5.32 Å². The summed E-state index contributed by atoms with van der Waals surface area (Å²) in [4.78, 5) is 23.6. The summed E-state index contributed by atoms with van der Waals surface area (Å²) in [7, 11) is 0. The molecular formula is C14H14N2O4S. The topological polar surface area (TPSA) is 92.5 Å². The summed E-state index contributed by atoms with van der Waals surface area (Å²) in [6.07, 6.45) is 0. The first-order valence-electron chi connectivity index (χ1n) is 6.20. The first-order valence-corrected chi connectivity index (χ1v) is 7.01. The van der Waals surface area contributed by atoms with E-state index in [0.29, 0.717) is 12.2 Å². The van der Waals surface area contributed by atoms with E-state index in [1.54, 1.807) is 11.3 Å². The fourth-order valence-electron chi connectivity index (χ4n) is 1.88. The number of aromatic carboxylic acids is 1. The van der Waals surface area contributed by atoms with Crippen molar-refractivity contribution in [3.63, 3.8) is 0 Å². The lowest BCUT2D eigenvalue weighted by atomic mass is 10.1. The quantitative estimate of drug-likeness (QED) is 0.650. The molecule has 0 spiro atoms. The highest BCUT2D eigenvalue weighted by Gasteiger charge is 2.17. The molecule has 110 valence electrons. The molecule has 6 nitrogen and oxygen atoms in total. The molecule has 7 heteroatoms. The van der Waals surface area contributed by atoms with Gasteiger partial charge in [-0.3, -0.25) is 10.1 Å². The lowest BCUT2D eigenvalue weighted by Crippen LogP contribution is -2.04. The summed E-state index contributed by atoms with van der Waals surface area (Å²) >= 11 is 1.63. The molecule has 0 aliphatic rings. The summed E-state index contributed by atoms with van der Waals surface area (Å²) in [5, 5.41) is 22.9. The number of nitrogens with one attached hydrogen (secondary N) is 1. The van der Waals surface area contributed by atoms with Crippen molar-refractivity contribution in [1.29, 1.82) is 0 Å². The van der Waals surface area contributed by atoms with Gasteiger partial charge in [0, 0.05) is 22.4 Å². The Morgan fingerprint density at radius 1 is 1.38 bits per heavy atom. The molecule has 1 aromatic heterocycles. The molecular weight excluding hydrogens is 292 g/mol. The Morgan fingerprint density at radius 3 is 2.62 bits per heavy atom. The molecule has 0 fully saturated rings. The van der Waals surface area contributed by atoms with Gasteiger partial charge >= 0.3 is 5.97 Å². The normalized spacial score (nSPS) is 10.4. The van der Waals surface area contributed by atoms with Gasteiger partial charge in [-0.25, -0.2) is 4.79 Å². The first kappa shape index (κ1) is 15.0.